The van der Waals surface area contributed by atoms with E-state index in [4.69, 9.17) is 0 Å². The first kappa shape index (κ1) is 10.1. The molecule has 0 spiro atoms. The second-order valence-electron chi connectivity index (χ2n) is 4.81. The fourth-order valence-electron chi connectivity index (χ4n) is 1.69. The summed E-state index contributed by atoms with van der Waals surface area (Å²) in [6.45, 7) is 4.74. The van der Waals surface area contributed by atoms with Crippen LogP contribution in [0.3, 0.4) is 0 Å². The fraction of sp³-hybridized carbons (Fsp3) is 0.700. The maximum Gasteiger partial charge on any atom is 0.223 e. The van der Waals surface area contributed by atoms with Crippen molar-refractivity contribution < 1.29 is 4.79 Å². The molecule has 0 aliphatic heterocycles. The number of rotatable bonds is 3. The summed E-state index contributed by atoms with van der Waals surface area (Å²) in [6.07, 6.45) is 2.65. The standard InChI is InChI=1S/C10H16N4O/c1-10(2)4-8(10)9(15)11-5-7-6-12-13-14(7)3/h6,8H,4-5H2,1-3H3,(H,11,15)/t8-/m1/s1. The zero-order valence-electron chi connectivity index (χ0n) is 9.32. The van der Waals surface area contributed by atoms with Crippen molar-refractivity contribution in [2.45, 2.75) is 26.8 Å². The molecule has 2 rings (SSSR count). The highest BCUT2D eigenvalue weighted by atomic mass is 16.2. The Morgan fingerprint density at radius 1 is 1.73 bits per heavy atom. The van der Waals surface area contributed by atoms with Crippen LogP contribution in [0.2, 0.25) is 0 Å². The van der Waals surface area contributed by atoms with Gasteiger partial charge in [0.05, 0.1) is 18.4 Å². The van der Waals surface area contributed by atoms with Crippen LogP contribution in [0.25, 0.3) is 0 Å². The highest BCUT2D eigenvalue weighted by molar-refractivity contribution is 5.82. The van der Waals surface area contributed by atoms with Crippen LogP contribution in [0, 0.1) is 11.3 Å². The van der Waals surface area contributed by atoms with Crippen LogP contribution in [0.1, 0.15) is 26.0 Å². The Bertz CT molecular complexity index is 383. The second kappa shape index (κ2) is 3.32. The summed E-state index contributed by atoms with van der Waals surface area (Å²) >= 11 is 0. The molecule has 1 aromatic heterocycles. The van der Waals surface area contributed by atoms with Crippen molar-refractivity contribution >= 4 is 5.91 Å². The lowest BCUT2D eigenvalue weighted by Crippen LogP contribution is -2.26. The highest BCUT2D eigenvalue weighted by Gasteiger charge is 2.50. The molecule has 1 fully saturated rings. The van der Waals surface area contributed by atoms with Gasteiger partial charge in [-0.2, -0.15) is 0 Å². The predicted molar refractivity (Wildman–Crippen MR) is 54.7 cm³/mol. The van der Waals surface area contributed by atoms with E-state index in [1.807, 2.05) is 7.05 Å². The lowest BCUT2D eigenvalue weighted by atomic mass is 10.1. The summed E-state index contributed by atoms with van der Waals surface area (Å²) in [4.78, 5) is 11.7. The first-order valence-electron chi connectivity index (χ1n) is 5.12. The van der Waals surface area contributed by atoms with Crippen molar-refractivity contribution in [3.05, 3.63) is 11.9 Å². The summed E-state index contributed by atoms with van der Waals surface area (Å²) in [7, 11) is 1.82. The van der Waals surface area contributed by atoms with Gasteiger partial charge in [0.15, 0.2) is 0 Å². The minimum atomic E-state index is 0.140. The van der Waals surface area contributed by atoms with Crippen molar-refractivity contribution in [2.75, 3.05) is 0 Å². The normalized spacial score (nSPS) is 22.5. The van der Waals surface area contributed by atoms with E-state index in [0.29, 0.717) is 6.54 Å². The van der Waals surface area contributed by atoms with E-state index in [1.165, 1.54) is 0 Å². The summed E-state index contributed by atoms with van der Waals surface area (Å²) in [6, 6.07) is 0. The predicted octanol–water partition coefficient (Wildman–Crippen LogP) is 0.477. The first-order valence-corrected chi connectivity index (χ1v) is 5.12. The number of aromatic nitrogens is 3. The van der Waals surface area contributed by atoms with E-state index in [2.05, 4.69) is 29.5 Å². The molecule has 15 heavy (non-hydrogen) atoms. The molecule has 1 amide bonds. The molecule has 1 aromatic rings. The molecular formula is C10H16N4O. The molecule has 1 heterocycles. The quantitative estimate of drug-likeness (QED) is 0.785. The average molecular weight is 208 g/mol. The van der Waals surface area contributed by atoms with Gasteiger partial charge in [0.2, 0.25) is 5.91 Å². The van der Waals surface area contributed by atoms with Gasteiger partial charge in [-0.25, -0.2) is 0 Å². The molecule has 1 N–H and O–H groups in total. The molecule has 1 saturated carbocycles. The molecule has 0 saturated heterocycles. The van der Waals surface area contributed by atoms with Gasteiger partial charge in [0, 0.05) is 13.0 Å². The Hall–Kier alpha value is -1.39. The average Bonchev–Trinajstić information content (AvgIpc) is 2.61. The Labute approximate surface area is 88.9 Å². The smallest absolute Gasteiger partial charge is 0.223 e. The molecule has 1 aliphatic rings. The maximum atomic E-state index is 11.7. The lowest BCUT2D eigenvalue weighted by molar-refractivity contribution is -0.123. The van der Waals surface area contributed by atoms with Gasteiger partial charge in [0.1, 0.15) is 0 Å². The van der Waals surface area contributed by atoms with Crippen LogP contribution >= 0.6 is 0 Å². The molecule has 1 atom stereocenters. The minimum absolute atomic E-state index is 0.140. The van der Waals surface area contributed by atoms with Gasteiger partial charge in [-0.15, -0.1) is 5.10 Å². The molecule has 0 radical (unpaired) electrons. The number of amides is 1. The Kier molecular flexibility index (Phi) is 2.25. The maximum absolute atomic E-state index is 11.7. The van der Waals surface area contributed by atoms with E-state index in [9.17, 15) is 4.79 Å². The number of hydrogen-bond donors (Lipinski definition) is 1. The van der Waals surface area contributed by atoms with Crippen molar-refractivity contribution in [2.24, 2.45) is 18.4 Å². The topological polar surface area (TPSA) is 59.8 Å². The summed E-state index contributed by atoms with van der Waals surface area (Å²) < 4.78 is 1.67. The number of aryl methyl sites for hydroxylation is 1. The van der Waals surface area contributed by atoms with Crippen LogP contribution in [-0.4, -0.2) is 20.9 Å². The zero-order valence-corrected chi connectivity index (χ0v) is 9.32. The van der Waals surface area contributed by atoms with E-state index in [1.54, 1.807) is 10.9 Å². The van der Waals surface area contributed by atoms with Gasteiger partial charge >= 0.3 is 0 Å². The van der Waals surface area contributed by atoms with E-state index in [-0.39, 0.29) is 17.2 Å². The number of nitrogens with one attached hydrogen (secondary N) is 1. The van der Waals surface area contributed by atoms with Crippen LogP contribution in [-0.2, 0) is 18.4 Å². The van der Waals surface area contributed by atoms with Gasteiger partial charge in [-0.1, -0.05) is 19.1 Å². The molecule has 5 heteroatoms. The third-order valence-corrected chi connectivity index (χ3v) is 3.08. The zero-order chi connectivity index (χ0) is 11.1. The van der Waals surface area contributed by atoms with Crippen molar-refractivity contribution in [1.29, 1.82) is 0 Å². The van der Waals surface area contributed by atoms with Crippen LogP contribution in [0.5, 0.6) is 0 Å². The Morgan fingerprint density at radius 3 is 2.87 bits per heavy atom. The van der Waals surface area contributed by atoms with Gasteiger partial charge < -0.3 is 5.32 Å². The number of hydrogen-bond acceptors (Lipinski definition) is 3. The van der Waals surface area contributed by atoms with E-state index < -0.39 is 0 Å². The van der Waals surface area contributed by atoms with Gasteiger partial charge in [-0.3, -0.25) is 9.48 Å². The molecular weight excluding hydrogens is 192 g/mol. The highest BCUT2D eigenvalue weighted by Crippen LogP contribution is 2.51. The largest absolute Gasteiger partial charge is 0.350 e. The molecule has 0 aromatic carbocycles. The van der Waals surface area contributed by atoms with E-state index in [0.717, 1.165) is 12.1 Å². The number of nitrogens with zero attached hydrogens (tertiary/aromatic N) is 3. The molecule has 0 bridgehead atoms. The monoisotopic (exact) mass is 208 g/mol. The third kappa shape index (κ3) is 2.00. The number of carbonyl (C=O) groups excluding carboxylic acids is 1. The van der Waals surface area contributed by atoms with E-state index >= 15 is 0 Å². The van der Waals surface area contributed by atoms with Crippen LogP contribution in [0.4, 0.5) is 0 Å². The minimum Gasteiger partial charge on any atom is -0.350 e. The lowest BCUT2D eigenvalue weighted by Gasteiger charge is -2.05. The molecule has 5 nitrogen and oxygen atoms in total. The summed E-state index contributed by atoms with van der Waals surface area (Å²) in [5.41, 5.74) is 1.11. The van der Waals surface area contributed by atoms with Gasteiger partial charge in [0.25, 0.3) is 0 Å². The Morgan fingerprint density at radius 2 is 2.40 bits per heavy atom. The Balaban J connectivity index is 1.85. The van der Waals surface area contributed by atoms with Crippen molar-refractivity contribution in [1.82, 2.24) is 20.3 Å². The molecule has 0 unspecified atom stereocenters. The number of carbonyl (C=O) groups is 1. The van der Waals surface area contributed by atoms with Gasteiger partial charge in [-0.05, 0) is 11.8 Å². The van der Waals surface area contributed by atoms with Crippen LogP contribution < -0.4 is 5.32 Å². The fourth-order valence-corrected chi connectivity index (χ4v) is 1.69. The second-order valence-corrected chi connectivity index (χ2v) is 4.81. The van der Waals surface area contributed by atoms with Crippen molar-refractivity contribution in [3.63, 3.8) is 0 Å². The van der Waals surface area contributed by atoms with Crippen LogP contribution in [0.15, 0.2) is 6.20 Å². The first-order chi connectivity index (χ1) is 7.00. The molecule has 82 valence electrons. The summed E-state index contributed by atoms with van der Waals surface area (Å²) in [5.74, 6) is 0.319. The van der Waals surface area contributed by atoms with Crippen molar-refractivity contribution in [3.8, 4) is 0 Å². The SMILES string of the molecule is Cn1nncc1CNC(=O)[C@H]1CC1(C)C. The summed E-state index contributed by atoms with van der Waals surface area (Å²) in [5, 5.41) is 10.5. The third-order valence-electron chi connectivity index (χ3n) is 3.08. The molecule has 1 aliphatic carbocycles.